The third-order valence-corrected chi connectivity index (χ3v) is 4.06. The van der Waals surface area contributed by atoms with Crippen LogP contribution < -0.4 is 16.0 Å². The standard InChI is InChI=1S/C20H22N6O2/c1-15-9-10-17(24-20(28)23-16-6-3-2-4-7-16)12-18(15)25-19(27)8-5-11-26-14-21-13-22-26/h2-4,6-7,9-10,12-14H,5,8,11H2,1H3,(H,25,27)(H2,23,24,28). The average molecular weight is 378 g/mol. The van der Waals surface area contributed by atoms with Gasteiger partial charge in [-0.1, -0.05) is 24.3 Å². The van der Waals surface area contributed by atoms with Crippen molar-refractivity contribution in [2.75, 3.05) is 16.0 Å². The first-order valence-corrected chi connectivity index (χ1v) is 8.96. The van der Waals surface area contributed by atoms with Gasteiger partial charge in [0.1, 0.15) is 12.7 Å². The van der Waals surface area contributed by atoms with Gasteiger partial charge in [-0.15, -0.1) is 0 Å². The molecule has 0 fully saturated rings. The lowest BCUT2D eigenvalue weighted by Gasteiger charge is -2.12. The highest BCUT2D eigenvalue weighted by molar-refractivity contribution is 6.00. The lowest BCUT2D eigenvalue weighted by Crippen LogP contribution is -2.19. The second-order valence-electron chi connectivity index (χ2n) is 6.29. The quantitative estimate of drug-likeness (QED) is 0.584. The fourth-order valence-electron chi connectivity index (χ4n) is 2.61. The van der Waals surface area contributed by atoms with Crippen LogP contribution in [-0.4, -0.2) is 26.7 Å². The molecule has 144 valence electrons. The summed E-state index contributed by atoms with van der Waals surface area (Å²) in [5.74, 6) is -0.0888. The number of carbonyl (C=O) groups is 2. The van der Waals surface area contributed by atoms with Crippen LogP contribution in [0.3, 0.4) is 0 Å². The Morgan fingerprint density at radius 1 is 1.00 bits per heavy atom. The average Bonchev–Trinajstić information content (AvgIpc) is 3.19. The molecule has 0 spiro atoms. The highest BCUT2D eigenvalue weighted by Crippen LogP contribution is 2.21. The van der Waals surface area contributed by atoms with Crippen LogP contribution in [0, 0.1) is 6.92 Å². The fraction of sp³-hybridized carbons (Fsp3) is 0.200. The predicted octanol–water partition coefficient (Wildman–Crippen LogP) is 3.65. The Hall–Kier alpha value is -3.68. The molecule has 3 amide bonds. The minimum absolute atomic E-state index is 0.0888. The number of hydrogen-bond acceptors (Lipinski definition) is 4. The van der Waals surface area contributed by atoms with Gasteiger partial charge in [0.05, 0.1) is 0 Å². The molecular formula is C20H22N6O2. The summed E-state index contributed by atoms with van der Waals surface area (Å²) in [6, 6.07) is 14.2. The van der Waals surface area contributed by atoms with E-state index in [4.69, 9.17) is 0 Å². The van der Waals surface area contributed by atoms with E-state index in [1.165, 1.54) is 6.33 Å². The van der Waals surface area contributed by atoms with Gasteiger partial charge in [-0.2, -0.15) is 5.10 Å². The Morgan fingerprint density at radius 3 is 2.54 bits per heavy atom. The van der Waals surface area contributed by atoms with Gasteiger partial charge in [0.15, 0.2) is 0 Å². The van der Waals surface area contributed by atoms with Gasteiger partial charge < -0.3 is 16.0 Å². The maximum atomic E-state index is 12.2. The maximum absolute atomic E-state index is 12.2. The van der Waals surface area contributed by atoms with Gasteiger partial charge >= 0.3 is 6.03 Å². The van der Waals surface area contributed by atoms with E-state index in [-0.39, 0.29) is 11.9 Å². The minimum atomic E-state index is -0.347. The Morgan fingerprint density at radius 2 is 1.79 bits per heavy atom. The summed E-state index contributed by atoms with van der Waals surface area (Å²) in [5.41, 5.74) is 2.88. The summed E-state index contributed by atoms with van der Waals surface area (Å²) >= 11 is 0. The largest absolute Gasteiger partial charge is 0.326 e. The van der Waals surface area contributed by atoms with Gasteiger partial charge in [-0.3, -0.25) is 9.48 Å². The molecule has 0 aliphatic carbocycles. The molecule has 28 heavy (non-hydrogen) atoms. The summed E-state index contributed by atoms with van der Waals surface area (Å²) in [7, 11) is 0. The zero-order chi connectivity index (χ0) is 19.8. The number of hydrogen-bond donors (Lipinski definition) is 3. The minimum Gasteiger partial charge on any atom is -0.326 e. The molecule has 2 aromatic carbocycles. The van der Waals surface area contributed by atoms with Gasteiger partial charge in [0, 0.05) is 30.0 Å². The number of nitrogens with one attached hydrogen (secondary N) is 3. The molecule has 0 saturated carbocycles. The molecule has 8 heteroatoms. The summed E-state index contributed by atoms with van der Waals surface area (Å²) in [6.07, 6.45) is 4.12. The van der Waals surface area contributed by atoms with Gasteiger partial charge in [-0.25, -0.2) is 9.78 Å². The van der Waals surface area contributed by atoms with E-state index >= 15 is 0 Å². The zero-order valence-corrected chi connectivity index (χ0v) is 15.6. The lowest BCUT2D eigenvalue weighted by molar-refractivity contribution is -0.116. The Balaban J connectivity index is 1.53. The normalized spacial score (nSPS) is 10.3. The number of aryl methyl sites for hydroxylation is 2. The van der Waals surface area contributed by atoms with Crippen LogP contribution in [0.15, 0.2) is 61.2 Å². The number of amides is 3. The molecule has 0 bridgehead atoms. The molecule has 0 radical (unpaired) electrons. The Bertz CT molecular complexity index is 925. The number of anilines is 3. The SMILES string of the molecule is Cc1ccc(NC(=O)Nc2ccccc2)cc1NC(=O)CCCn1cncn1. The topological polar surface area (TPSA) is 101 Å². The van der Waals surface area contributed by atoms with Crippen LogP contribution in [0.2, 0.25) is 0 Å². The molecule has 1 aromatic heterocycles. The van der Waals surface area contributed by atoms with E-state index in [2.05, 4.69) is 26.0 Å². The van der Waals surface area contributed by atoms with Crippen molar-refractivity contribution in [1.29, 1.82) is 0 Å². The molecule has 3 rings (SSSR count). The second kappa shape index (κ2) is 9.31. The summed E-state index contributed by atoms with van der Waals surface area (Å²) < 4.78 is 1.69. The highest BCUT2D eigenvalue weighted by atomic mass is 16.2. The van der Waals surface area contributed by atoms with Crippen LogP contribution in [0.5, 0.6) is 0 Å². The fourth-order valence-corrected chi connectivity index (χ4v) is 2.61. The van der Waals surface area contributed by atoms with Crippen molar-refractivity contribution in [3.8, 4) is 0 Å². The number of carbonyl (C=O) groups excluding carboxylic acids is 2. The van der Waals surface area contributed by atoms with Crippen LogP contribution >= 0.6 is 0 Å². The van der Waals surface area contributed by atoms with Crippen LogP contribution in [-0.2, 0) is 11.3 Å². The zero-order valence-electron chi connectivity index (χ0n) is 15.6. The van der Waals surface area contributed by atoms with Gasteiger partial charge in [-0.05, 0) is 43.2 Å². The summed E-state index contributed by atoms with van der Waals surface area (Å²) in [5, 5.41) is 12.4. The van der Waals surface area contributed by atoms with E-state index in [0.717, 1.165) is 5.56 Å². The first kappa shape index (κ1) is 19.1. The smallest absolute Gasteiger partial charge is 0.323 e. The molecule has 3 aromatic rings. The molecule has 0 saturated heterocycles. The monoisotopic (exact) mass is 378 g/mol. The first-order chi connectivity index (χ1) is 13.6. The van der Waals surface area contributed by atoms with Crippen molar-refractivity contribution in [3.63, 3.8) is 0 Å². The van der Waals surface area contributed by atoms with Gasteiger partial charge in [0.25, 0.3) is 0 Å². The molecule has 1 heterocycles. The number of nitrogens with zero attached hydrogens (tertiary/aromatic N) is 3. The van der Waals surface area contributed by atoms with Crippen molar-refractivity contribution < 1.29 is 9.59 Å². The van der Waals surface area contributed by atoms with E-state index in [1.54, 1.807) is 35.3 Å². The maximum Gasteiger partial charge on any atom is 0.323 e. The number of aromatic nitrogens is 3. The van der Waals surface area contributed by atoms with Crippen LogP contribution in [0.4, 0.5) is 21.9 Å². The Kier molecular flexibility index (Phi) is 6.35. The first-order valence-electron chi connectivity index (χ1n) is 8.96. The van der Waals surface area contributed by atoms with Crippen molar-refractivity contribution in [1.82, 2.24) is 14.8 Å². The predicted molar refractivity (Wildman–Crippen MR) is 108 cm³/mol. The number of para-hydroxylation sites is 1. The number of urea groups is 1. The molecule has 0 aliphatic rings. The molecule has 3 N–H and O–H groups in total. The number of benzene rings is 2. The molecule has 0 atom stereocenters. The van der Waals surface area contributed by atoms with E-state index in [0.29, 0.717) is 36.4 Å². The molecule has 0 unspecified atom stereocenters. The molecule has 0 aliphatic heterocycles. The summed E-state index contributed by atoms with van der Waals surface area (Å²) in [4.78, 5) is 28.2. The van der Waals surface area contributed by atoms with Crippen LogP contribution in [0.1, 0.15) is 18.4 Å². The summed E-state index contributed by atoms with van der Waals surface area (Å²) in [6.45, 7) is 2.53. The second-order valence-corrected chi connectivity index (χ2v) is 6.29. The van der Waals surface area contributed by atoms with E-state index in [9.17, 15) is 9.59 Å². The van der Waals surface area contributed by atoms with E-state index in [1.807, 2.05) is 31.2 Å². The van der Waals surface area contributed by atoms with E-state index < -0.39 is 0 Å². The Labute approximate surface area is 163 Å². The van der Waals surface area contributed by atoms with Crippen molar-refractivity contribution in [3.05, 3.63) is 66.7 Å². The molecular weight excluding hydrogens is 356 g/mol. The van der Waals surface area contributed by atoms with Crippen LogP contribution in [0.25, 0.3) is 0 Å². The van der Waals surface area contributed by atoms with Gasteiger partial charge in [0.2, 0.25) is 5.91 Å². The highest BCUT2D eigenvalue weighted by Gasteiger charge is 2.08. The third-order valence-electron chi connectivity index (χ3n) is 4.06. The number of rotatable bonds is 7. The van der Waals surface area contributed by atoms with Crippen molar-refractivity contribution in [2.24, 2.45) is 0 Å². The molecule has 8 nitrogen and oxygen atoms in total. The lowest BCUT2D eigenvalue weighted by atomic mass is 10.1. The van der Waals surface area contributed by atoms with Crippen molar-refractivity contribution >= 4 is 29.0 Å². The third kappa shape index (κ3) is 5.66. The van der Waals surface area contributed by atoms with Crippen molar-refractivity contribution in [2.45, 2.75) is 26.3 Å².